The zero-order valence-corrected chi connectivity index (χ0v) is 26.3. The van der Waals surface area contributed by atoms with Crippen LogP contribution in [0.15, 0.2) is 0 Å². The summed E-state index contributed by atoms with van der Waals surface area (Å²) in [5.41, 5.74) is 0. The van der Waals surface area contributed by atoms with Crippen molar-refractivity contribution in [2.45, 2.75) is 187 Å². The number of unbranched alkanes of at least 4 members (excludes halogenated alkanes) is 20. The van der Waals surface area contributed by atoms with Crippen molar-refractivity contribution in [1.82, 2.24) is 0 Å². The molecule has 5 nitrogen and oxygen atoms in total. The minimum absolute atomic E-state index is 0.0589. The molecule has 0 aromatic heterocycles. The molecule has 1 atom stereocenters. The van der Waals surface area contributed by atoms with Crippen LogP contribution in [0.25, 0.3) is 0 Å². The molecule has 0 saturated heterocycles. The van der Waals surface area contributed by atoms with Gasteiger partial charge in [-0.05, 0) is 18.8 Å². The number of aliphatic hydroxyl groups is 1. The monoisotopic (exact) mass is 554 g/mol. The van der Waals surface area contributed by atoms with Gasteiger partial charge in [0.25, 0.3) is 0 Å². The first-order valence-electron chi connectivity index (χ1n) is 17.0. The Kier molecular flexibility index (Phi) is 29.0. The highest BCUT2D eigenvalue weighted by Gasteiger charge is 2.16. The molecule has 0 radical (unpaired) electrons. The van der Waals surface area contributed by atoms with Crippen molar-refractivity contribution in [3.05, 3.63) is 0 Å². The number of ether oxygens (including phenoxy) is 2. The largest absolute Gasteiger partial charge is 0.462 e. The van der Waals surface area contributed by atoms with Crippen LogP contribution in [0.3, 0.4) is 0 Å². The first-order chi connectivity index (χ1) is 19.0. The summed E-state index contributed by atoms with van der Waals surface area (Å²) in [5.74, 6) is 0.261. The number of esters is 2. The summed E-state index contributed by atoms with van der Waals surface area (Å²) in [6.07, 6.45) is 28.7. The lowest BCUT2D eigenvalue weighted by molar-refractivity contribution is -0.161. The van der Waals surface area contributed by atoms with Gasteiger partial charge in [-0.25, -0.2) is 0 Å². The Bertz CT molecular complexity index is 534. The van der Waals surface area contributed by atoms with Crippen LogP contribution in [0.1, 0.15) is 181 Å². The number of aliphatic hydroxyl groups excluding tert-OH is 1. The van der Waals surface area contributed by atoms with Gasteiger partial charge >= 0.3 is 11.9 Å². The third-order valence-electron chi connectivity index (χ3n) is 7.58. The van der Waals surface area contributed by atoms with Crippen LogP contribution < -0.4 is 0 Å². The molecule has 0 heterocycles. The Morgan fingerprint density at radius 3 is 1.36 bits per heavy atom. The number of hydrogen-bond acceptors (Lipinski definition) is 5. The SMILES string of the molecule is CCCCCCCCCCCC(=O)OC[C@H](CO)OC(=O)CCCCCCCCCCCCCCCC(C)C. The average Bonchev–Trinajstić information content (AvgIpc) is 2.92. The van der Waals surface area contributed by atoms with Gasteiger partial charge in [-0.15, -0.1) is 0 Å². The molecule has 0 aliphatic carbocycles. The average molecular weight is 555 g/mol. The fourth-order valence-corrected chi connectivity index (χ4v) is 4.97. The van der Waals surface area contributed by atoms with Crippen molar-refractivity contribution in [2.75, 3.05) is 13.2 Å². The van der Waals surface area contributed by atoms with E-state index in [2.05, 4.69) is 20.8 Å². The third kappa shape index (κ3) is 29.7. The minimum atomic E-state index is -0.760. The maximum atomic E-state index is 12.1. The van der Waals surface area contributed by atoms with E-state index in [0.717, 1.165) is 44.4 Å². The highest BCUT2D eigenvalue weighted by atomic mass is 16.6. The smallest absolute Gasteiger partial charge is 0.306 e. The summed E-state index contributed by atoms with van der Waals surface area (Å²) in [7, 11) is 0. The normalized spacial score (nSPS) is 12.1. The summed E-state index contributed by atoms with van der Waals surface area (Å²) >= 11 is 0. The standard InChI is InChI=1S/C34H66O5/c1-4-5-6-7-8-14-18-21-24-27-33(36)38-30-32(29-35)39-34(37)28-25-22-19-16-13-11-9-10-12-15-17-20-23-26-31(2)3/h31-32,35H,4-30H2,1-3H3/t32-/m0/s1. The molecule has 0 aliphatic heterocycles. The zero-order chi connectivity index (χ0) is 28.8. The van der Waals surface area contributed by atoms with Crippen molar-refractivity contribution in [2.24, 2.45) is 5.92 Å². The Morgan fingerprint density at radius 2 is 0.949 bits per heavy atom. The second-order valence-electron chi connectivity index (χ2n) is 12.1. The van der Waals surface area contributed by atoms with Gasteiger partial charge in [-0.1, -0.05) is 156 Å². The molecular formula is C34H66O5. The van der Waals surface area contributed by atoms with E-state index in [9.17, 15) is 14.7 Å². The van der Waals surface area contributed by atoms with Crippen molar-refractivity contribution < 1.29 is 24.2 Å². The first-order valence-corrected chi connectivity index (χ1v) is 17.0. The predicted octanol–water partition coefficient (Wildman–Crippen LogP) is 9.86. The molecular weight excluding hydrogens is 488 g/mol. The molecule has 5 heteroatoms. The Morgan fingerprint density at radius 1 is 0.564 bits per heavy atom. The molecule has 0 rings (SSSR count). The molecule has 0 aromatic carbocycles. The van der Waals surface area contributed by atoms with E-state index in [4.69, 9.17) is 9.47 Å². The van der Waals surface area contributed by atoms with Gasteiger partial charge in [-0.3, -0.25) is 9.59 Å². The van der Waals surface area contributed by atoms with Gasteiger partial charge in [0.2, 0.25) is 0 Å². The van der Waals surface area contributed by atoms with Crippen molar-refractivity contribution in [1.29, 1.82) is 0 Å². The van der Waals surface area contributed by atoms with Gasteiger partial charge in [0.05, 0.1) is 6.61 Å². The van der Waals surface area contributed by atoms with E-state index in [1.807, 2.05) is 0 Å². The fraction of sp³-hybridized carbons (Fsp3) is 0.941. The van der Waals surface area contributed by atoms with E-state index in [1.165, 1.54) is 109 Å². The number of hydrogen-bond donors (Lipinski definition) is 1. The lowest BCUT2D eigenvalue weighted by Gasteiger charge is -2.15. The zero-order valence-electron chi connectivity index (χ0n) is 26.3. The summed E-state index contributed by atoms with van der Waals surface area (Å²) < 4.78 is 10.5. The molecule has 1 N–H and O–H groups in total. The Balaban J connectivity index is 3.52. The molecule has 0 spiro atoms. The van der Waals surface area contributed by atoms with Crippen LogP contribution in [0.4, 0.5) is 0 Å². The van der Waals surface area contributed by atoms with E-state index in [-0.39, 0.29) is 25.2 Å². The van der Waals surface area contributed by atoms with Crippen LogP contribution in [-0.4, -0.2) is 36.4 Å². The molecule has 0 fully saturated rings. The van der Waals surface area contributed by atoms with Gasteiger partial charge in [0.1, 0.15) is 6.61 Å². The molecule has 0 aromatic rings. The maximum Gasteiger partial charge on any atom is 0.306 e. The summed E-state index contributed by atoms with van der Waals surface area (Å²) in [4.78, 5) is 24.0. The summed E-state index contributed by atoms with van der Waals surface area (Å²) in [5, 5.41) is 9.48. The minimum Gasteiger partial charge on any atom is -0.462 e. The molecule has 0 aliphatic rings. The van der Waals surface area contributed by atoms with Crippen LogP contribution in [0.5, 0.6) is 0 Å². The molecule has 232 valence electrons. The van der Waals surface area contributed by atoms with Crippen LogP contribution in [0, 0.1) is 5.92 Å². The number of carbonyl (C=O) groups is 2. The molecule has 0 bridgehead atoms. The number of rotatable bonds is 30. The second-order valence-corrected chi connectivity index (χ2v) is 12.1. The lowest BCUT2D eigenvalue weighted by Crippen LogP contribution is -2.28. The Hall–Kier alpha value is -1.10. The maximum absolute atomic E-state index is 12.1. The quantitative estimate of drug-likeness (QED) is 0.0706. The number of carbonyl (C=O) groups excluding carboxylic acids is 2. The van der Waals surface area contributed by atoms with E-state index in [0.29, 0.717) is 12.8 Å². The molecule has 0 saturated carbocycles. The third-order valence-corrected chi connectivity index (χ3v) is 7.58. The van der Waals surface area contributed by atoms with Crippen LogP contribution in [0.2, 0.25) is 0 Å². The topological polar surface area (TPSA) is 72.8 Å². The van der Waals surface area contributed by atoms with Crippen molar-refractivity contribution in [3.63, 3.8) is 0 Å². The van der Waals surface area contributed by atoms with E-state index in [1.54, 1.807) is 0 Å². The molecule has 39 heavy (non-hydrogen) atoms. The van der Waals surface area contributed by atoms with Gasteiger partial charge in [0.15, 0.2) is 6.10 Å². The van der Waals surface area contributed by atoms with Crippen LogP contribution >= 0.6 is 0 Å². The molecule has 0 amide bonds. The van der Waals surface area contributed by atoms with Gasteiger partial charge < -0.3 is 14.6 Å². The first kappa shape index (κ1) is 37.9. The highest BCUT2D eigenvalue weighted by Crippen LogP contribution is 2.15. The van der Waals surface area contributed by atoms with Crippen LogP contribution in [-0.2, 0) is 19.1 Å². The summed E-state index contributed by atoms with van der Waals surface area (Å²) in [6, 6.07) is 0. The molecule has 0 unspecified atom stereocenters. The second kappa shape index (κ2) is 29.9. The van der Waals surface area contributed by atoms with E-state index < -0.39 is 6.10 Å². The van der Waals surface area contributed by atoms with Crippen molar-refractivity contribution >= 4 is 11.9 Å². The fourth-order valence-electron chi connectivity index (χ4n) is 4.97. The summed E-state index contributed by atoms with van der Waals surface area (Å²) in [6.45, 7) is 6.47. The van der Waals surface area contributed by atoms with Gasteiger partial charge in [0, 0.05) is 12.8 Å². The predicted molar refractivity (Wildman–Crippen MR) is 164 cm³/mol. The Labute approximate surface area is 242 Å². The van der Waals surface area contributed by atoms with Crippen molar-refractivity contribution in [3.8, 4) is 0 Å². The van der Waals surface area contributed by atoms with Gasteiger partial charge in [-0.2, -0.15) is 0 Å². The van der Waals surface area contributed by atoms with E-state index >= 15 is 0 Å². The highest BCUT2D eigenvalue weighted by molar-refractivity contribution is 5.70. The lowest BCUT2D eigenvalue weighted by atomic mass is 10.0.